The number of pyridine rings is 6. The van der Waals surface area contributed by atoms with Crippen LogP contribution in [0.15, 0.2) is 85.5 Å². The molecule has 0 unspecified atom stereocenters. The lowest BCUT2D eigenvalue weighted by Crippen LogP contribution is -2.08. The number of halogens is 2. The summed E-state index contributed by atoms with van der Waals surface area (Å²) in [5.41, 5.74) is 16.9. The number of hydrogen-bond acceptors (Lipinski definition) is 13. The summed E-state index contributed by atoms with van der Waals surface area (Å²) < 4.78 is 40.9. The van der Waals surface area contributed by atoms with Gasteiger partial charge in [0.15, 0.2) is 6.29 Å². The summed E-state index contributed by atoms with van der Waals surface area (Å²) in [6.45, 7) is 17.6. The molecule has 8 aromatic heterocycles. The Morgan fingerprint density at radius 2 is 1.24 bits per heavy atom. The van der Waals surface area contributed by atoms with E-state index in [1.807, 2.05) is 61.3 Å². The first-order valence-electron chi connectivity index (χ1n) is 20.5. The molecular weight excluding hydrogens is 807 g/mol. The first-order valence-corrected chi connectivity index (χ1v) is 20.5. The highest BCUT2D eigenvalue weighted by Crippen LogP contribution is 2.36. The number of nitrogens with one attached hydrogen (secondary N) is 1. The number of hydrogen-bond donors (Lipinski definition) is 2. The summed E-state index contributed by atoms with van der Waals surface area (Å²) in [6.07, 6.45) is 7.34. The first-order chi connectivity index (χ1) is 30.3. The Kier molecular flexibility index (Phi) is 14.6. The predicted molar refractivity (Wildman–Crippen MR) is 240 cm³/mol. The second-order valence-electron chi connectivity index (χ2n) is 14.7. The van der Waals surface area contributed by atoms with Crippen LogP contribution in [-0.2, 0) is 6.54 Å². The SMILES string of the molecule is CCOc1cnccc1-c1cc(N)c2c(n1)c(C)nn2C(C)C.CCOc1cnccc1-c1cc(NCc2cccc(F)n2)c2c(n1)c(C)nn2C(C)C.O=Cc1cccc(F)n1. The Labute approximate surface area is 363 Å². The smallest absolute Gasteiger partial charge is 0.213 e. The molecule has 0 saturated carbocycles. The summed E-state index contributed by atoms with van der Waals surface area (Å²) in [5, 5.41) is 12.7. The van der Waals surface area contributed by atoms with Crippen molar-refractivity contribution in [3.8, 4) is 34.0 Å². The fourth-order valence-corrected chi connectivity index (χ4v) is 6.70. The Balaban J connectivity index is 0.000000180. The molecule has 0 aliphatic heterocycles. The molecular formula is C46H50F2N12O3. The average Bonchev–Trinajstić information content (AvgIpc) is 3.80. The molecule has 0 radical (unpaired) electrons. The number of carbonyl (C=O) groups excluding carboxylic acids is 1. The minimum Gasteiger partial charge on any atom is -0.492 e. The molecule has 0 aliphatic carbocycles. The second kappa shape index (κ2) is 20.4. The Bertz CT molecular complexity index is 2840. The lowest BCUT2D eigenvalue weighted by atomic mass is 10.1. The second-order valence-corrected chi connectivity index (χ2v) is 14.7. The number of aldehydes is 1. The van der Waals surface area contributed by atoms with E-state index >= 15 is 0 Å². The summed E-state index contributed by atoms with van der Waals surface area (Å²) in [5.74, 6) is 0.249. The third-order valence-electron chi connectivity index (χ3n) is 9.46. The lowest BCUT2D eigenvalue weighted by molar-refractivity contribution is 0.111. The van der Waals surface area contributed by atoms with E-state index in [1.165, 1.54) is 24.3 Å². The van der Waals surface area contributed by atoms with Gasteiger partial charge < -0.3 is 20.5 Å². The molecule has 8 aromatic rings. The Morgan fingerprint density at radius 3 is 1.75 bits per heavy atom. The van der Waals surface area contributed by atoms with Crippen molar-refractivity contribution in [2.45, 2.75) is 74.0 Å². The molecule has 0 bridgehead atoms. The molecule has 0 saturated heterocycles. The van der Waals surface area contributed by atoms with Crippen molar-refractivity contribution in [3.05, 3.63) is 120 Å². The number of ether oxygens (including phenoxy) is 2. The molecule has 0 spiro atoms. The van der Waals surface area contributed by atoms with Crippen LogP contribution >= 0.6 is 0 Å². The molecule has 63 heavy (non-hydrogen) atoms. The van der Waals surface area contributed by atoms with E-state index in [9.17, 15) is 13.6 Å². The van der Waals surface area contributed by atoms with E-state index in [0.29, 0.717) is 48.9 Å². The van der Waals surface area contributed by atoms with Crippen LogP contribution < -0.4 is 20.5 Å². The number of aryl methyl sites for hydroxylation is 2. The topological polar surface area (TPSA) is 187 Å². The zero-order valence-electron chi connectivity index (χ0n) is 36.5. The molecule has 0 aliphatic rings. The quantitative estimate of drug-likeness (QED) is 0.0875. The zero-order chi connectivity index (χ0) is 45.2. The lowest BCUT2D eigenvalue weighted by Gasteiger charge is -2.15. The minimum absolute atomic E-state index is 0.120. The van der Waals surface area contributed by atoms with Gasteiger partial charge in [-0.3, -0.25) is 24.1 Å². The number of nitrogens with zero attached hydrogens (tertiary/aromatic N) is 10. The summed E-state index contributed by atoms with van der Waals surface area (Å²) >= 11 is 0. The van der Waals surface area contributed by atoms with Gasteiger partial charge in [-0.15, -0.1) is 0 Å². The molecule has 8 heterocycles. The maximum absolute atomic E-state index is 13.5. The van der Waals surface area contributed by atoms with Gasteiger partial charge in [-0.25, -0.2) is 19.9 Å². The fraction of sp³-hybridized carbons (Fsp3) is 0.283. The maximum atomic E-state index is 13.5. The minimum atomic E-state index is -0.625. The van der Waals surface area contributed by atoms with Gasteiger partial charge in [-0.2, -0.15) is 19.0 Å². The summed E-state index contributed by atoms with van der Waals surface area (Å²) in [6, 6.07) is 16.8. The zero-order valence-corrected chi connectivity index (χ0v) is 36.5. The van der Waals surface area contributed by atoms with Crippen LogP contribution in [0, 0.1) is 25.7 Å². The van der Waals surface area contributed by atoms with Gasteiger partial charge in [0.1, 0.15) is 39.3 Å². The third kappa shape index (κ3) is 10.5. The van der Waals surface area contributed by atoms with E-state index in [0.717, 1.165) is 61.7 Å². The monoisotopic (exact) mass is 856 g/mol. The molecule has 8 rings (SSSR count). The van der Waals surface area contributed by atoms with Crippen molar-refractivity contribution in [3.63, 3.8) is 0 Å². The standard InChI is InChI=1S/C23H25FN6O.C17H21N5O.C6H4FNO/c1-5-31-20-13-25-10-9-17(20)18-11-19(26-12-16-7-6-8-21(24)27-16)23-22(28-18)15(4)29-30(23)14(2)3;1-5-23-15-9-19-7-6-12(15)14-8-13(18)17-16(20-14)11(4)21-22(17)10(2)3;7-6-3-1-2-5(4-9)8-6/h6-11,13-14H,5,12H2,1-4H3,(H,26,28);6-10H,5H2,1-4H3,(H2,18,20);1-4H. The van der Waals surface area contributed by atoms with E-state index in [2.05, 4.69) is 58.0 Å². The van der Waals surface area contributed by atoms with Crippen molar-refractivity contribution < 1.29 is 23.0 Å². The number of fused-ring (bicyclic) bond motifs is 2. The van der Waals surface area contributed by atoms with Crippen LogP contribution in [0.25, 0.3) is 44.6 Å². The van der Waals surface area contributed by atoms with Crippen LogP contribution in [0.4, 0.5) is 20.2 Å². The van der Waals surface area contributed by atoms with Gasteiger partial charge in [0.25, 0.3) is 0 Å². The van der Waals surface area contributed by atoms with Gasteiger partial charge in [-0.05, 0) is 104 Å². The number of anilines is 2. The number of nitrogen functional groups attached to an aromatic ring is 1. The Hall–Kier alpha value is -7.43. The summed E-state index contributed by atoms with van der Waals surface area (Å²) in [7, 11) is 0. The summed E-state index contributed by atoms with van der Waals surface area (Å²) in [4.78, 5) is 35.1. The van der Waals surface area contributed by atoms with Crippen LogP contribution in [0.2, 0.25) is 0 Å². The van der Waals surface area contributed by atoms with Crippen LogP contribution in [0.1, 0.15) is 81.2 Å². The van der Waals surface area contributed by atoms with E-state index in [1.54, 1.807) is 36.9 Å². The van der Waals surface area contributed by atoms with Gasteiger partial charge >= 0.3 is 0 Å². The van der Waals surface area contributed by atoms with Crippen molar-refractivity contribution in [2.75, 3.05) is 24.3 Å². The first kappa shape index (κ1) is 45.1. The van der Waals surface area contributed by atoms with Gasteiger partial charge in [0, 0.05) is 35.6 Å². The van der Waals surface area contributed by atoms with Crippen LogP contribution in [0.3, 0.4) is 0 Å². The molecule has 0 amide bonds. The number of rotatable bonds is 12. The normalized spacial score (nSPS) is 11.0. The van der Waals surface area contributed by atoms with Crippen molar-refractivity contribution in [2.24, 2.45) is 0 Å². The molecule has 17 heteroatoms. The van der Waals surface area contributed by atoms with Crippen molar-refractivity contribution in [1.82, 2.24) is 49.5 Å². The van der Waals surface area contributed by atoms with Gasteiger partial charge in [0.2, 0.25) is 11.9 Å². The molecule has 0 fully saturated rings. The van der Waals surface area contributed by atoms with Crippen LogP contribution in [-0.4, -0.2) is 69.0 Å². The largest absolute Gasteiger partial charge is 0.492 e. The number of nitrogens with two attached hydrogens (primary N) is 1. The Morgan fingerprint density at radius 1 is 0.714 bits per heavy atom. The fourth-order valence-electron chi connectivity index (χ4n) is 6.70. The van der Waals surface area contributed by atoms with Gasteiger partial charge in [-0.1, -0.05) is 12.1 Å². The number of aromatic nitrogens is 10. The molecule has 15 nitrogen and oxygen atoms in total. The maximum Gasteiger partial charge on any atom is 0.213 e. The average molecular weight is 857 g/mol. The highest BCUT2D eigenvalue weighted by molar-refractivity contribution is 5.94. The van der Waals surface area contributed by atoms with E-state index < -0.39 is 11.9 Å². The van der Waals surface area contributed by atoms with Gasteiger partial charge in [0.05, 0.1) is 72.0 Å². The highest BCUT2D eigenvalue weighted by Gasteiger charge is 2.20. The molecule has 0 atom stereocenters. The van der Waals surface area contributed by atoms with E-state index in [-0.39, 0.29) is 17.8 Å². The van der Waals surface area contributed by atoms with Crippen LogP contribution in [0.5, 0.6) is 11.5 Å². The molecule has 326 valence electrons. The molecule has 0 aromatic carbocycles. The highest BCUT2D eigenvalue weighted by atomic mass is 19.1. The van der Waals surface area contributed by atoms with E-state index in [4.69, 9.17) is 30.3 Å². The third-order valence-corrected chi connectivity index (χ3v) is 9.46. The van der Waals surface area contributed by atoms with Crippen molar-refractivity contribution >= 4 is 39.7 Å². The molecule has 3 N–H and O–H groups in total. The predicted octanol–water partition coefficient (Wildman–Crippen LogP) is 9.32. The number of carbonyl (C=O) groups is 1. The van der Waals surface area contributed by atoms with Crippen molar-refractivity contribution in [1.29, 1.82) is 0 Å².